The van der Waals surface area contributed by atoms with E-state index >= 15 is 0 Å². The van der Waals surface area contributed by atoms with Crippen LogP contribution in [0.5, 0.6) is 0 Å². The van der Waals surface area contributed by atoms with Gasteiger partial charge >= 0.3 is 0 Å². The summed E-state index contributed by atoms with van der Waals surface area (Å²) in [5.41, 5.74) is 0. The van der Waals surface area contributed by atoms with Crippen molar-refractivity contribution in [3.05, 3.63) is 0 Å². The minimum absolute atomic E-state index is 1.08. The molecule has 0 aromatic heterocycles. The smallest absolute Gasteiger partial charge is 0.127 e. The monoisotopic (exact) mass is 250 g/mol. The van der Waals surface area contributed by atoms with Gasteiger partial charge in [0.1, 0.15) is 26.2 Å². The van der Waals surface area contributed by atoms with Gasteiger partial charge in [0.05, 0.1) is 12.6 Å². The van der Waals surface area contributed by atoms with Crippen molar-refractivity contribution in [2.24, 2.45) is 23.7 Å². The Morgan fingerprint density at radius 1 is 0.778 bits per heavy atom. The Hall–Kier alpha value is -0.0800. The number of hydrogen-bond donors (Lipinski definition) is 2. The highest BCUT2D eigenvalue weighted by Gasteiger charge is 2.52. The third-order valence-electron chi connectivity index (χ3n) is 6.80. The van der Waals surface area contributed by atoms with Crippen LogP contribution in [0.25, 0.3) is 0 Å². The fraction of sp³-hybridized carbons (Fsp3) is 1.00. The van der Waals surface area contributed by atoms with Crippen molar-refractivity contribution in [1.82, 2.24) is 0 Å². The first-order valence-corrected chi connectivity index (χ1v) is 8.51. The Balaban J connectivity index is 1.46. The summed E-state index contributed by atoms with van der Waals surface area (Å²) in [4.78, 5) is 3.86. The SMILES string of the molecule is CC[NH+]1CC[NH+](C2C3CC4CC(C3)CC2C4)CC1. The van der Waals surface area contributed by atoms with Gasteiger partial charge in [0, 0.05) is 11.8 Å². The van der Waals surface area contributed by atoms with Gasteiger partial charge in [0.2, 0.25) is 0 Å². The molecule has 5 fully saturated rings. The van der Waals surface area contributed by atoms with Gasteiger partial charge in [-0.2, -0.15) is 0 Å². The van der Waals surface area contributed by atoms with E-state index in [1.165, 1.54) is 32.7 Å². The lowest BCUT2D eigenvalue weighted by Gasteiger charge is -2.55. The van der Waals surface area contributed by atoms with Gasteiger partial charge in [-0.15, -0.1) is 0 Å². The van der Waals surface area contributed by atoms with E-state index in [9.17, 15) is 0 Å². The normalized spacial score (nSPS) is 54.8. The Labute approximate surface area is 112 Å². The molecule has 0 unspecified atom stereocenters. The summed E-state index contributed by atoms with van der Waals surface area (Å²) in [7, 11) is 0. The molecule has 4 saturated carbocycles. The third kappa shape index (κ3) is 1.84. The lowest BCUT2D eigenvalue weighted by atomic mass is 9.54. The lowest BCUT2D eigenvalue weighted by Crippen LogP contribution is -3.30. The summed E-state index contributed by atoms with van der Waals surface area (Å²) in [5.74, 6) is 4.54. The van der Waals surface area contributed by atoms with E-state index in [4.69, 9.17) is 0 Å². The van der Waals surface area contributed by atoms with Crippen LogP contribution >= 0.6 is 0 Å². The Morgan fingerprint density at radius 3 is 1.83 bits per heavy atom. The number of hydrogen-bond acceptors (Lipinski definition) is 0. The van der Waals surface area contributed by atoms with E-state index in [0.29, 0.717) is 0 Å². The summed E-state index contributed by atoms with van der Waals surface area (Å²) >= 11 is 0. The van der Waals surface area contributed by atoms with Gasteiger partial charge in [-0.05, 0) is 50.9 Å². The maximum Gasteiger partial charge on any atom is 0.127 e. The standard InChI is InChI=1S/C16H28N2/c1-2-17-3-5-18(6-4-17)16-14-8-12-7-13(10-14)11-15(16)9-12/h12-16H,2-11H2,1H3/p+2. The summed E-state index contributed by atoms with van der Waals surface area (Å²) in [6.45, 7) is 9.51. The van der Waals surface area contributed by atoms with Crippen molar-refractivity contribution in [2.45, 2.75) is 45.1 Å². The number of rotatable bonds is 2. The molecule has 1 heterocycles. The molecule has 2 N–H and O–H groups in total. The molecule has 2 heteroatoms. The summed E-state index contributed by atoms with van der Waals surface area (Å²) in [6.07, 6.45) is 8.01. The molecule has 0 aromatic carbocycles. The molecule has 0 spiro atoms. The van der Waals surface area contributed by atoms with Crippen LogP contribution in [0.2, 0.25) is 0 Å². The fourth-order valence-electron chi connectivity index (χ4n) is 6.20. The average molecular weight is 250 g/mol. The zero-order valence-electron chi connectivity index (χ0n) is 12.0. The Kier molecular flexibility index (Phi) is 2.92. The zero-order valence-corrected chi connectivity index (χ0v) is 12.0. The first kappa shape index (κ1) is 11.7. The molecule has 102 valence electrons. The highest BCUT2D eigenvalue weighted by molar-refractivity contribution is 4.98. The van der Waals surface area contributed by atoms with E-state index in [1.807, 2.05) is 9.80 Å². The average Bonchev–Trinajstić information content (AvgIpc) is 2.38. The molecule has 0 amide bonds. The predicted molar refractivity (Wildman–Crippen MR) is 72.8 cm³/mol. The van der Waals surface area contributed by atoms with Crippen molar-refractivity contribution >= 4 is 0 Å². The van der Waals surface area contributed by atoms with Crippen LogP contribution in [0.15, 0.2) is 0 Å². The molecular formula is C16H30N2+2. The zero-order chi connectivity index (χ0) is 12.1. The van der Waals surface area contributed by atoms with Gasteiger partial charge < -0.3 is 9.80 Å². The van der Waals surface area contributed by atoms with Gasteiger partial charge in [-0.3, -0.25) is 0 Å². The topological polar surface area (TPSA) is 8.88 Å². The molecule has 1 saturated heterocycles. The van der Waals surface area contributed by atoms with Crippen molar-refractivity contribution in [2.75, 3.05) is 32.7 Å². The molecule has 0 radical (unpaired) electrons. The fourth-order valence-corrected chi connectivity index (χ4v) is 6.20. The largest absolute Gasteiger partial charge is 0.326 e. The predicted octanol–water partition coefficient (Wildman–Crippen LogP) is -0.386. The van der Waals surface area contributed by atoms with E-state index in [-0.39, 0.29) is 0 Å². The van der Waals surface area contributed by atoms with Crippen molar-refractivity contribution in [1.29, 1.82) is 0 Å². The van der Waals surface area contributed by atoms with Crippen LogP contribution in [0.4, 0.5) is 0 Å². The lowest BCUT2D eigenvalue weighted by molar-refractivity contribution is -1.03. The number of piperazine rings is 1. The Bertz CT molecular complexity index is 278. The molecule has 1 aliphatic heterocycles. The second kappa shape index (κ2) is 4.49. The van der Waals surface area contributed by atoms with Gasteiger partial charge in [0.25, 0.3) is 0 Å². The van der Waals surface area contributed by atoms with E-state index < -0.39 is 0 Å². The molecule has 18 heavy (non-hydrogen) atoms. The van der Waals surface area contributed by atoms with Crippen LogP contribution in [0.3, 0.4) is 0 Å². The minimum Gasteiger partial charge on any atom is -0.326 e. The highest BCUT2D eigenvalue weighted by Crippen LogP contribution is 2.52. The molecule has 5 rings (SSSR count). The van der Waals surface area contributed by atoms with Gasteiger partial charge in [-0.1, -0.05) is 0 Å². The quantitative estimate of drug-likeness (QED) is 0.661. The van der Waals surface area contributed by atoms with E-state index in [2.05, 4.69) is 6.92 Å². The van der Waals surface area contributed by atoms with Crippen molar-refractivity contribution in [3.8, 4) is 0 Å². The van der Waals surface area contributed by atoms with Crippen LogP contribution < -0.4 is 9.80 Å². The van der Waals surface area contributed by atoms with Crippen LogP contribution in [0, 0.1) is 23.7 Å². The third-order valence-corrected chi connectivity index (χ3v) is 6.80. The highest BCUT2D eigenvalue weighted by atomic mass is 15.3. The number of nitrogens with one attached hydrogen (secondary N) is 2. The second-order valence-corrected chi connectivity index (χ2v) is 7.72. The van der Waals surface area contributed by atoms with E-state index in [1.54, 1.807) is 32.1 Å². The summed E-state index contributed by atoms with van der Waals surface area (Å²) in [5, 5.41) is 0. The van der Waals surface area contributed by atoms with Crippen LogP contribution in [-0.2, 0) is 0 Å². The second-order valence-electron chi connectivity index (χ2n) is 7.72. The maximum atomic E-state index is 2.35. The Morgan fingerprint density at radius 2 is 1.33 bits per heavy atom. The summed E-state index contributed by atoms with van der Waals surface area (Å²) in [6, 6.07) is 1.08. The molecule has 4 bridgehead atoms. The van der Waals surface area contributed by atoms with Crippen molar-refractivity contribution < 1.29 is 9.80 Å². The minimum atomic E-state index is 1.08. The molecule has 5 aliphatic rings. The van der Waals surface area contributed by atoms with E-state index in [0.717, 1.165) is 29.7 Å². The van der Waals surface area contributed by atoms with Crippen LogP contribution in [0.1, 0.15) is 39.0 Å². The maximum absolute atomic E-state index is 2.35. The van der Waals surface area contributed by atoms with Gasteiger partial charge in [0.15, 0.2) is 0 Å². The van der Waals surface area contributed by atoms with Crippen LogP contribution in [-0.4, -0.2) is 38.8 Å². The van der Waals surface area contributed by atoms with Gasteiger partial charge in [-0.25, -0.2) is 0 Å². The van der Waals surface area contributed by atoms with Crippen molar-refractivity contribution in [3.63, 3.8) is 0 Å². The molecule has 0 aromatic rings. The first-order valence-electron chi connectivity index (χ1n) is 8.51. The first-order chi connectivity index (χ1) is 8.83. The number of likely N-dealkylation sites (N-methyl/N-ethyl adjacent to an activating group) is 1. The summed E-state index contributed by atoms with van der Waals surface area (Å²) < 4.78 is 0. The molecule has 2 nitrogen and oxygen atoms in total. The molecular weight excluding hydrogens is 220 g/mol. The molecule has 4 aliphatic carbocycles. The number of quaternary nitrogens is 2. The molecule has 0 atom stereocenters.